The van der Waals surface area contributed by atoms with Crippen molar-refractivity contribution in [1.82, 2.24) is 0 Å². The standard InChI is InChI=1S/C6H6FNO2/c1-3-8-5(4(2)7)6(9)10/h3H,1-2H2,(H,9,10). The first-order chi connectivity index (χ1) is 4.59. The Balaban J connectivity index is 4.58. The van der Waals surface area contributed by atoms with E-state index in [1.165, 1.54) is 0 Å². The molecule has 10 heavy (non-hydrogen) atoms. The molecule has 0 saturated heterocycles. The first-order valence-electron chi connectivity index (χ1n) is 2.36. The van der Waals surface area contributed by atoms with Crippen molar-refractivity contribution < 1.29 is 14.3 Å². The molecule has 0 atom stereocenters. The van der Waals surface area contributed by atoms with Crippen LogP contribution in [0.15, 0.2) is 30.2 Å². The summed E-state index contributed by atoms with van der Waals surface area (Å²) >= 11 is 0. The van der Waals surface area contributed by atoms with Gasteiger partial charge in [0.15, 0.2) is 5.71 Å². The molecule has 0 radical (unpaired) electrons. The zero-order valence-corrected chi connectivity index (χ0v) is 5.17. The molecular weight excluding hydrogens is 137 g/mol. The van der Waals surface area contributed by atoms with Gasteiger partial charge in [0, 0.05) is 6.20 Å². The van der Waals surface area contributed by atoms with Crippen LogP contribution in [0.5, 0.6) is 0 Å². The molecule has 4 heteroatoms. The number of rotatable bonds is 3. The monoisotopic (exact) mass is 143 g/mol. The number of aliphatic carboxylic acids is 1. The highest BCUT2D eigenvalue weighted by molar-refractivity contribution is 6.41. The summed E-state index contributed by atoms with van der Waals surface area (Å²) in [5.74, 6) is -2.53. The van der Waals surface area contributed by atoms with Crippen molar-refractivity contribution in [3.63, 3.8) is 0 Å². The Morgan fingerprint density at radius 1 is 1.70 bits per heavy atom. The molecule has 0 bridgehead atoms. The van der Waals surface area contributed by atoms with Crippen LogP contribution < -0.4 is 0 Å². The number of hydrogen-bond acceptors (Lipinski definition) is 2. The van der Waals surface area contributed by atoms with Crippen LogP contribution >= 0.6 is 0 Å². The van der Waals surface area contributed by atoms with Crippen LogP contribution in [0.25, 0.3) is 0 Å². The van der Waals surface area contributed by atoms with Gasteiger partial charge in [-0.2, -0.15) is 0 Å². The van der Waals surface area contributed by atoms with E-state index in [2.05, 4.69) is 18.2 Å². The summed E-state index contributed by atoms with van der Waals surface area (Å²) in [6.07, 6.45) is 0.939. The quantitative estimate of drug-likeness (QED) is 0.602. The third-order valence-corrected chi connectivity index (χ3v) is 0.680. The van der Waals surface area contributed by atoms with Crippen molar-refractivity contribution in [1.29, 1.82) is 0 Å². The summed E-state index contributed by atoms with van der Waals surface area (Å²) in [5, 5.41) is 8.20. The van der Waals surface area contributed by atoms with E-state index in [9.17, 15) is 9.18 Å². The number of nitrogens with zero attached hydrogens (tertiary/aromatic N) is 1. The van der Waals surface area contributed by atoms with E-state index in [1.54, 1.807) is 0 Å². The molecule has 0 rings (SSSR count). The summed E-state index contributed by atoms with van der Waals surface area (Å²) in [6, 6.07) is 0. The molecular formula is C6H6FNO2. The van der Waals surface area contributed by atoms with E-state index in [4.69, 9.17) is 5.11 Å². The molecule has 0 aliphatic rings. The highest BCUT2D eigenvalue weighted by atomic mass is 19.1. The molecule has 0 aromatic carbocycles. The number of halogens is 1. The average molecular weight is 143 g/mol. The predicted molar refractivity (Wildman–Crippen MR) is 35.5 cm³/mol. The Kier molecular flexibility index (Phi) is 3.04. The van der Waals surface area contributed by atoms with Crippen LogP contribution in [-0.2, 0) is 4.79 Å². The maximum atomic E-state index is 12.0. The molecule has 0 aromatic heterocycles. The Morgan fingerprint density at radius 3 is 2.30 bits per heavy atom. The van der Waals surface area contributed by atoms with E-state index in [1.807, 2.05) is 0 Å². The molecule has 54 valence electrons. The van der Waals surface area contributed by atoms with E-state index >= 15 is 0 Å². The van der Waals surface area contributed by atoms with Gasteiger partial charge in [-0.3, -0.25) is 0 Å². The van der Waals surface area contributed by atoms with Crippen LogP contribution in [0.3, 0.4) is 0 Å². The zero-order valence-electron chi connectivity index (χ0n) is 5.17. The van der Waals surface area contributed by atoms with Crippen molar-refractivity contribution in [2.24, 2.45) is 4.99 Å². The number of carbonyl (C=O) groups is 1. The van der Waals surface area contributed by atoms with Crippen LogP contribution in [-0.4, -0.2) is 16.8 Å². The van der Waals surface area contributed by atoms with Gasteiger partial charge in [0.1, 0.15) is 5.83 Å². The van der Waals surface area contributed by atoms with E-state index < -0.39 is 17.5 Å². The van der Waals surface area contributed by atoms with E-state index in [0.29, 0.717) is 0 Å². The lowest BCUT2D eigenvalue weighted by Crippen LogP contribution is -2.12. The molecule has 0 spiro atoms. The highest BCUT2D eigenvalue weighted by Gasteiger charge is 2.11. The topological polar surface area (TPSA) is 49.7 Å². The van der Waals surface area contributed by atoms with Crippen LogP contribution in [0, 0.1) is 0 Å². The number of carboxylic acids is 1. The summed E-state index contributed by atoms with van der Waals surface area (Å²) in [7, 11) is 0. The van der Waals surface area contributed by atoms with Gasteiger partial charge in [-0.25, -0.2) is 14.2 Å². The molecule has 0 fully saturated rings. The van der Waals surface area contributed by atoms with Gasteiger partial charge in [0.2, 0.25) is 0 Å². The van der Waals surface area contributed by atoms with Crippen LogP contribution in [0.4, 0.5) is 4.39 Å². The Morgan fingerprint density at radius 2 is 2.20 bits per heavy atom. The normalized spacial score (nSPS) is 10.7. The fraction of sp³-hybridized carbons (Fsp3) is 0. The van der Waals surface area contributed by atoms with Gasteiger partial charge in [-0.1, -0.05) is 13.2 Å². The lowest BCUT2D eigenvalue weighted by molar-refractivity contribution is -0.129. The predicted octanol–water partition coefficient (Wildman–Crippen LogP) is 1.14. The molecule has 0 saturated carbocycles. The van der Waals surface area contributed by atoms with Gasteiger partial charge in [-0.15, -0.1) is 0 Å². The maximum Gasteiger partial charge on any atom is 0.357 e. The molecule has 3 nitrogen and oxygen atoms in total. The summed E-state index contributed by atoms with van der Waals surface area (Å²) in [6.45, 7) is 5.88. The third kappa shape index (κ3) is 2.21. The van der Waals surface area contributed by atoms with Crippen molar-refractivity contribution in [3.05, 3.63) is 25.2 Å². The molecule has 0 unspecified atom stereocenters. The van der Waals surface area contributed by atoms with Crippen molar-refractivity contribution in [3.8, 4) is 0 Å². The lowest BCUT2D eigenvalue weighted by atomic mass is 10.3. The van der Waals surface area contributed by atoms with E-state index in [0.717, 1.165) is 6.20 Å². The van der Waals surface area contributed by atoms with Gasteiger partial charge in [0.25, 0.3) is 0 Å². The minimum Gasteiger partial charge on any atom is -0.476 e. The maximum absolute atomic E-state index is 12.0. The van der Waals surface area contributed by atoms with Crippen molar-refractivity contribution in [2.45, 2.75) is 0 Å². The summed E-state index contributed by atoms with van der Waals surface area (Å²) in [5.41, 5.74) is -0.713. The second kappa shape index (κ2) is 3.55. The minimum atomic E-state index is -1.45. The third-order valence-electron chi connectivity index (χ3n) is 0.680. The van der Waals surface area contributed by atoms with Gasteiger partial charge < -0.3 is 5.11 Å². The second-order valence-electron chi connectivity index (χ2n) is 1.37. The number of hydrogen-bond donors (Lipinski definition) is 1. The molecule has 0 amide bonds. The largest absolute Gasteiger partial charge is 0.476 e. The van der Waals surface area contributed by atoms with Gasteiger partial charge in [-0.05, 0) is 0 Å². The Labute approximate surface area is 57.2 Å². The van der Waals surface area contributed by atoms with Crippen LogP contribution in [0.1, 0.15) is 0 Å². The van der Waals surface area contributed by atoms with Gasteiger partial charge in [0.05, 0.1) is 0 Å². The average Bonchev–Trinajstić information content (AvgIpc) is 1.81. The highest BCUT2D eigenvalue weighted by Crippen LogP contribution is 1.96. The van der Waals surface area contributed by atoms with Crippen molar-refractivity contribution in [2.75, 3.05) is 0 Å². The molecule has 0 aliphatic carbocycles. The van der Waals surface area contributed by atoms with Gasteiger partial charge >= 0.3 is 5.97 Å². The second-order valence-corrected chi connectivity index (χ2v) is 1.37. The minimum absolute atomic E-state index is 0.713. The summed E-state index contributed by atoms with van der Waals surface area (Å²) < 4.78 is 12.0. The lowest BCUT2D eigenvalue weighted by Gasteiger charge is -1.91. The fourth-order valence-corrected chi connectivity index (χ4v) is 0.333. The van der Waals surface area contributed by atoms with E-state index in [-0.39, 0.29) is 0 Å². The number of aliphatic imine (C=N–C) groups is 1. The Bertz CT molecular complexity index is 192. The first-order valence-corrected chi connectivity index (χ1v) is 2.36. The summed E-state index contributed by atoms with van der Waals surface area (Å²) in [4.78, 5) is 13.2. The molecule has 0 aliphatic heterocycles. The molecule has 1 N–H and O–H groups in total. The van der Waals surface area contributed by atoms with Crippen LogP contribution in [0.2, 0.25) is 0 Å². The molecule has 0 aromatic rings. The zero-order chi connectivity index (χ0) is 8.15. The number of carboxylic acid groups (broad SMARTS) is 1. The SMILES string of the molecule is C=CN=C(C(=C)F)C(=O)O. The Hall–Kier alpha value is -1.45. The fourth-order valence-electron chi connectivity index (χ4n) is 0.333. The smallest absolute Gasteiger partial charge is 0.357 e. The first kappa shape index (κ1) is 8.55. The van der Waals surface area contributed by atoms with Crippen molar-refractivity contribution >= 4 is 11.7 Å². The molecule has 0 heterocycles.